The highest BCUT2D eigenvalue weighted by Gasteiger charge is 2.28. The van der Waals surface area contributed by atoms with Crippen LogP contribution in [0.5, 0.6) is 0 Å². The number of nitrogens with two attached hydrogens (primary N) is 1. The van der Waals surface area contributed by atoms with Crippen LogP contribution in [-0.4, -0.2) is 24.3 Å². The summed E-state index contributed by atoms with van der Waals surface area (Å²) in [6.07, 6.45) is 4.58. The van der Waals surface area contributed by atoms with E-state index in [1.807, 2.05) is 6.07 Å². The number of furan rings is 1. The van der Waals surface area contributed by atoms with E-state index >= 15 is 0 Å². The molecule has 1 aromatic rings. The number of rotatable bonds is 5. The van der Waals surface area contributed by atoms with Gasteiger partial charge in [-0.25, -0.2) is 0 Å². The predicted octanol–water partition coefficient (Wildman–Crippen LogP) is 2.95. The van der Waals surface area contributed by atoms with Crippen molar-refractivity contribution in [3.63, 3.8) is 0 Å². The van der Waals surface area contributed by atoms with E-state index in [0.717, 1.165) is 23.1 Å². The Kier molecular flexibility index (Phi) is 5.89. The minimum absolute atomic E-state index is 0.0141. The second-order valence-corrected chi connectivity index (χ2v) is 6.63. The van der Waals surface area contributed by atoms with Gasteiger partial charge in [0.25, 0.3) is 0 Å². The number of halogens is 2. The highest BCUT2D eigenvalue weighted by molar-refractivity contribution is 9.13. The Morgan fingerprint density at radius 2 is 2.16 bits per heavy atom. The first-order valence-electron chi connectivity index (χ1n) is 6.67. The highest BCUT2D eigenvalue weighted by atomic mass is 79.9. The summed E-state index contributed by atoms with van der Waals surface area (Å²) in [5.41, 5.74) is 5.85. The number of nitrogens with one attached hydrogen (secondary N) is 1. The quantitative estimate of drug-likeness (QED) is 0.716. The van der Waals surface area contributed by atoms with E-state index < -0.39 is 0 Å². The van der Waals surface area contributed by atoms with E-state index in [2.05, 4.69) is 37.2 Å². The average molecular weight is 396 g/mol. The summed E-state index contributed by atoms with van der Waals surface area (Å²) in [5.74, 6) is 1.15. The van der Waals surface area contributed by atoms with E-state index in [1.165, 1.54) is 12.8 Å². The van der Waals surface area contributed by atoms with Crippen molar-refractivity contribution in [2.24, 2.45) is 11.7 Å². The molecule has 4 nitrogen and oxygen atoms in total. The van der Waals surface area contributed by atoms with Gasteiger partial charge in [0.05, 0.1) is 10.5 Å². The van der Waals surface area contributed by atoms with Crippen LogP contribution in [-0.2, 0) is 0 Å². The van der Waals surface area contributed by atoms with Crippen LogP contribution in [0.25, 0.3) is 0 Å². The zero-order valence-corrected chi connectivity index (χ0v) is 13.9. The van der Waals surface area contributed by atoms with Gasteiger partial charge in [-0.05, 0) is 56.7 Å². The van der Waals surface area contributed by atoms with Gasteiger partial charge in [0.15, 0.2) is 4.67 Å². The van der Waals surface area contributed by atoms with Gasteiger partial charge in [0, 0.05) is 19.2 Å². The van der Waals surface area contributed by atoms with Crippen LogP contribution < -0.4 is 11.1 Å². The summed E-state index contributed by atoms with van der Waals surface area (Å²) in [4.78, 5) is 0. The number of hydrogen-bond donors (Lipinski definition) is 3. The van der Waals surface area contributed by atoms with Crippen molar-refractivity contribution in [3.05, 3.63) is 21.0 Å². The monoisotopic (exact) mass is 394 g/mol. The molecule has 1 aromatic heterocycles. The van der Waals surface area contributed by atoms with Crippen LogP contribution in [0.3, 0.4) is 0 Å². The maximum absolute atomic E-state index is 9.46. The minimum atomic E-state index is -0.0141. The fourth-order valence-electron chi connectivity index (χ4n) is 2.71. The lowest BCUT2D eigenvalue weighted by Crippen LogP contribution is -2.44. The first kappa shape index (κ1) is 15.5. The largest absolute Gasteiger partial charge is 0.451 e. The third kappa shape index (κ3) is 3.82. The number of aliphatic hydroxyl groups is 1. The average Bonchev–Trinajstić information content (AvgIpc) is 2.76. The lowest BCUT2D eigenvalue weighted by molar-refractivity contribution is 0.143. The second kappa shape index (κ2) is 7.22. The Bertz CT molecular complexity index is 392. The van der Waals surface area contributed by atoms with Crippen LogP contribution in [0.1, 0.15) is 37.5 Å². The van der Waals surface area contributed by atoms with Gasteiger partial charge in [-0.3, -0.25) is 0 Å². The summed E-state index contributed by atoms with van der Waals surface area (Å²) >= 11 is 6.76. The Balaban J connectivity index is 2.05. The molecule has 1 aliphatic carbocycles. The molecule has 6 heteroatoms. The van der Waals surface area contributed by atoms with Crippen molar-refractivity contribution in [1.82, 2.24) is 5.32 Å². The van der Waals surface area contributed by atoms with Gasteiger partial charge >= 0.3 is 0 Å². The van der Waals surface area contributed by atoms with Crippen LogP contribution in [0.15, 0.2) is 19.6 Å². The fourth-order valence-corrected chi connectivity index (χ4v) is 3.31. The molecule has 2 rings (SSSR count). The van der Waals surface area contributed by atoms with E-state index in [1.54, 1.807) is 0 Å². The standard InChI is InChI=1S/C13H20Br2N2O2/c14-9-5-12(19-13(9)15)11(6-16)17-10-4-2-1-3-8(10)7-18/h5,8,10-11,17-18H,1-4,6-7,16H2. The molecule has 108 valence electrons. The van der Waals surface area contributed by atoms with Crippen molar-refractivity contribution < 1.29 is 9.52 Å². The third-order valence-electron chi connectivity index (χ3n) is 3.80. The van der Waals surface area contributed by atoms with Crippen LogP contribution >= 0.6 is 31.9 Å². The van der Waals surface area contributed by atoms with E-state index in [-0.39, 0.29) is 12.6 Å². The zero-order chi connectivity index (χ0) is 13.8. The smallest absolute Gasteiger partial charge is 0.183 e. The van der Waals surface area contributed by atoms with Crippen molar-refractivity contribution >= 4 is 31.9 Å². The maximum atomic E-state index is 9.46. The van der Waals surface area contributed by atoms with E-state index in [4.69, 9.17) is 10.2 Å². The molecule has 0 saturated heterocycles. The Morgan fingerprint density at radius 1 is 1.42 bits per heavy atom. The zero-order valence-electron chi connectivity index (χ0n) is 10.7. The van der Waals surface area contributed by atoms with E-state index in [9.17, 15) is 5.11 Å². The van der Waals surface area contributed by atoms with E-state index in [0.29, 0.717) is 23.2 Å². The Morgan fingerprint density at radius 3 is 2.74 bits per heavy atom. The number of hydrogen-bond acceptors (Lipinski definition) is 4. The summed E-state index contributed by atoms with van der Waals surface area (Å²) in [5, 5.41) is 13.0. The lowest BCUT2D eigenvalue weighted by Gasteiger charge is -2.33. The molecule has 3 atom stereocenters. The fraction of sp³-hybridized carbons (Fsp3) is 0.692. The maximum Gasteiger partial charge on any atom is 0.183 e. The topological polar surface area (TPSA) is 71.4 Å². The molecule has 1 saturated carbocycles. The normalized spacial score (nSPS) is 25.5. The molecule has 0 aromatic carbocycles. The summed E-state index contributed by atoms with van der Waals surface area (Å²) < 4.78 is 7.22. The molecule has 3 unspecified atom stereocenters. The molecule has 19 heavy (non-hydrogen) atoms. The predicted molar refractivity (Wildman–Crippen MR) is 81.9 cm³/mol. The van der Waals surface area contributed by atoms with Gasteiger partial charge in [-0.15, -0.1) is 0 Å². The minimum Gasteiger partial charge on any atom is -0.451 e. The third-order valence-corrected chi connectivity index (χ3v) is 5.51. The second-order valence-electron chi connectivity index (χ2n) is 5.06. The summed E-state index contributed by atoms with van der Waals surface area (Å²) in [7, 11) is 0. The molecule has 1 heterocycles. The molecular formula is C13H20Br2N2O2. The Hall–Kier alpha value is 0.120. The number of aliphatic hydroxyl groups excluding tert-OH is 1. The summed E-state index contributed by atoms with van der Waals surface area (Å²) in [6.45, 7) is 0.710. The first-order valence-corrected chi connectivity index (χ1v) is 8.26. The van der Waals surface area contributed by atoms with Crippen molar-refractivity contribution in [1.29, 1.82) is 0 Å². The lowest BCUT2D eigenvalue weighted by atomic mass is 9.84. The molecular weight excluding hydrogens is 376 g/mol. The van der Waals surface area contributed by atoms with Crippen molar-refractivity contribution in [3.8, 4) is 0 Å². The van der Waals surface area contributed by atoms with Gasteiger partial charge < -0.3 is 20.6 Å². The molecule has 0 radical (unpaired) electrons. The molecule has 0 spiro atoms. The molecule has 0 bridgehead atoms. The van der Waals surface area contributed by atoms with Gasteiger partial charge in [0.1, 0.15) is 5.76 Å². The molecule has 1 aliphatic rings. The van der Waals surface area contributed by atoms with Crippen LogP contribution in [0, 0.1) is 5.92 Å². The molecule has 0 aliphatic heterocycles. The molecule has 1 fully saturated rings. The molecule has 0 amide bonds. The van der Waals surface area contributed by atoms with Gasteiger partial charge in [-0.2, -0.15) is 0 Å². The first-order chi connectivity index (χ1) is 9.15. The summed E-state index contributed by atoms with van der Waals surface area (Å²) in [6, 6.07) is 2.24. The molecule has 4 N–H and O–H groups in total. The van der Waals surface area contributed by atoms with Gasteiger partial charge in [0.2, 0.25) is 0 Å². The Labute approximate surface area is 130 Å². The van der Waals surface area contributed by atoms with Crippen LogP contribution in [0.4, 0.5) is 0 Å². The SMILES string of the molecule is NCC(NC1CCCCC1CO)c1cc(Br)c(Br)o1. The van der Waals surface area contributed by atoms with Crippen molar-refractivity contribution in [2.45, 2.75) is 37.8 Å². The van der Waals surface area contributed by atoms with Crippen LogP contribution in [0.2, 0.25) is 0 Å². The highest BCUT2D eigenvalue weighted by Crippen LogP contribution is 2.31. The van der Waals surface area contributed by atoms with Gasteiger partial charge in [-0.1, -0.05) is 12.8 Å². The van der Waals surface area contributed by atoms with Crippen molar-refractivity contribution in [2.75, 3.05) is 13.2 Å².